The van der Waals surface area contributed by atoms with Gasteiger partial charge < -0.3 is 15.6 Å². The van der Waals surface area contributed by atoms with Crippen LogP contribution in [0.5, 0.6) is 5.75 Å². The van der Waals surface area contributed by atoms with Gasteiger partial charge in [-0.15, -0.1) is 0 Å². The molecular weight excluding hydrogens is 240 g/mol. The largest absolute Gasteiger partial charge is 0.497 e. The van der Waals surface area contributed by atoms with E-state index in [1.165, 1.54) is 5.56 Å². The third-order valence-electron chi connectivity index (χ3n) is 3.35. The van der Waals surface area contributed by atoms with Gasteiger partial charge in [0, 0.05) is 19.1 Å². The van der Waals surface area contributed by atoms with E-state index in [0.717, 1.165) is 25.1 Å². The molecule has 19 heavy (non-hydrogen) atoms. The quantitative estimate of drug-likeness (QED) is 0.715. The second kappa shape index (κ2) is 8.91. The number of aliphatic hydroxyl groups excluding tert-OH is 1. The third kappa shape index (κ3) is 4.82. The van der Waals surface area contributed by atoms with E-state index >= 15 is 0 Å². The van der Waals surface area contributed by atoms with Crippen LogP contribution >= 0.6 is 0 Å². The normalized spacial score (nSPS) is 12.7. The summed E-state index contributed by atoms with van der Waals surface area (Å²) in [6.07, 6.45) is 2.26. The second-order valence-corrected chi connectivity index (χ2v) is 4.64. The number of nitrogens with zero attached hydrogens (tertiary/aromatic N) is 1. The average Bonchev–Trinajstić information content (AvgIpc) is 2.46. The van der Waals surface area contributed by atoms with Crippen molar-refractivity contribution in [3.8, 4) is 5.75 Å². The van der Waals surface area contributed by atoms with Crippen LogP contribution in [0.2, 0.25) is 0 Å². The van der Waals surface area contributed by atoms with E-state index in [1.807, 2.05) is 24.3 Å². The number of hydrogen-bond donors (Lipinski definition) is 2. The van der Waals surface area contributed by atoms with Crippen molar-refractivity contribution >= 4 is 0 Å². The lowest BCUT2D eigenvalue weighted by molar-refractivity contribution is 0.151. The highest BCUT2D eigenvalue weighted by Crippen LogP contribution is 2.22. The molecule has 1 unspecified atom stereocenters. The van der Waals surface area contributed by atoms with Gasteiger partial charge >= 0.3 is 0 Å². The summed E-state index contributed by atoms with van der Waals surface area (Å²) in [4.78, 5) is 2.26. The van der Waals surface area contributed by atoms with Crippen LogP contribution in [0, 0.1) is 0 Å². The maximum atomic E-state index is 9.21. The first-order valence-corrected chi connectivity index (χ1v) is 6.95. The standard InChI is InChI=1S/C15H26N2O2/c1-3-4-9-17(10-11-18)15(12-16)13-5-7-14(19-2)8-6-13/h5-8,15,18H,3-4,9-12,16H2,1-2H3. The lowest BCUT2D eigenvalue weighted by atomic mass is 10.0. The molecule has 0 amide bonds. The number of rotatable bonds is 9. The SMILES string of the molecule is CCCCN(CCO)C(CN)c1ccc(OC)cc1. The van der Waals surface area contributed by atoms with Crippen LogP contribution < -0.4 is 10.5 Å². The Bertz CT molecular complexity index is 341. The summed E-state index contributed by atoms with van der Waals surface area (Å²) < 4.78 is 5.17. The van der Waals surface area contributed by atoms with E-state index in [2.05, 4.69) is 11.8 Å². The van der Waals surface area contributed by atoms with Gasteiger partial charge in [-0.25, -0.2) is 0 Å². The highest BCUT2D eigenvalue weighted by molar-refractivity contribution is 5.29. The van der Waals surface area contributed by atoms with Gasteiger partial charge in [-0.3, -0.25) is 4.90 Å². The van der Waals surface area contributed by atoms with Gasteiger partial charge in [0.1, 0.15) is 5.75 Å². The summed E-state index contributed by atoms with van der Waals surface area (Å²) in [6, 6.07) is 8.16. The van der Waals surface area contributed by atoms with Crippen molar-refractivity contribution in [3.63, 3.8) is 0 Å². The fraction of sp³-hybridized carbons (Fsp3) is 0.600. The Balaban J connectivity index is 2.81. The highest BCUT2D eigenvalue weighted by atomic mass is 16.5. The van der Waals surface area contributed by atoms with E-state index in [0.29, 0.717) is 13.1 Å². The Hall–Kier alpha value is -1.10. The van der Waals surface area contributed by atoms with Gasteiger partial charge in [-0.1, -0.05) is 25.5 Å². The molecule has 1 aromatic rings. The van der Waals surface area contributed by atoms with Crippen molar-refractivity contribution in [1.82, 2.24) is 4.90 Å². The molecule has 0 fully saturated rings. The van der Waals surface area contributed by atoms with Crippen molar-refractivity contribution in [1.29, 1.82) is 0 Å². The van der Waals surface area contributed by atoms with Crippen molar-refractivity contribution in [2.45, 2.75) is 25.8 Å². The van der Waals surface area contributed by atoms with Gasteiger partial charge in [0.05, 0.1) is 13.7 Å². The molecule has 0 aliphatic rings. The Morgan fingerprint density at radius 1 is 1.26 bits per heavy atom. The maximum Gasteiger partial charge on any atom is 0.118 e. The Morgan fingerprint density at radius 3 is 2.42 bits per heavy atom. The first kappa shape index (κ1) is 16.0. The van der Waals surface area contributed by atoms with Crippen molar-refractivity contribution in [2.24, 2.45) is 5.73 Å². The average molecular weight is 266 g/mol. The van der Waals surface area contributed by atoms with Crippen LogP contribution in [-0.2, 0) is 0 Å². The molecule has 0 saturated carbocycles. The Morgan fingerprint density at radius 2 is 1.95 bits per heavy atom. The first-order valence-electron chi connectivity index (χ1n) is 6.95. The van der Waals surface area contributed by atoms with E-state index in [-0.39, 0.29) is 12.6 Å². The molecule has 0 heterocycles. The molecule has 4 heteroatoms. The lowest BCUT2D eigenvalue weighted by Crippen LogP contribution is -2.36. The number of ether oxygens (including phenoxy) is 1. The van der Waals surface area contributed by atoms with Gasteiger partial charge in [0.2, 0.25) is 0 Å². The minimum absolute atomic E-state index is 0.157. The van der Waals surface area contributed by atoms with E-state index in [9.17, 15) is 5.11 Å². The summed E-state index contributed by atoms with van der Waals surface area (Å²) in [5, 5.41) is 9.21. The van der Waals surface area contributed by atoms with Crippen LogP contribution in [0.4, 0.5) is 0 Å². The maximum absolute atomic E-state index is 9.21. The molecule has 0 radical (unpaired) electrons. The molecule has 4 nitrogen and oxygen atoms in total. The zero-order valence-electron chi connectivity index (χ0n) is 12.0. The van der Waals surface area contributed by atoms with Crippen LogP contribution in [0.15, 0.2) is 24.3 Å². The predicted octanol–water partition coefficient (Wildman–Crippen LogP) is 1.79. The van der Waals surface area contributed by atoms with E-state index < -0.39 is 0 Å². The molecular formula is C15H26N2O2. The van der Waals surface area contributed by atoms with Crippen LogP contribution in [0.25, 0.3) is 0 Å². The van der Waals surface area contributed by atoms with Crippen LogP contribution in [-0.4, -0.2) is 43.4 Å². The van der Waals surface area contributed by atoms with Gasteiger partial charge in [-0.05, 0) is 30.7 Å². The molecule has 0 spiro atoms. The fourth-order valence-electron chi connectivity index (χ4n) is 2.24. The van der Waals surface area contributed by atoms with E-state index in [1.54, 1.807) is 7.11 Å². The molecule has 0 saturated heterocycles. The minimum atomic E-state index is 0.157. The Labute approximate surface area is 116 Å². The van der Waals surface area contributed by atoms with Gasteiger partial charge in [0.15, 0.2) is 0 Å². The number of hydrogen-bond acceptors (Lipinski definition) is 4. The molecule has 3 N–H and O–H groups in total. The van der Waals surface area contributed by atoms with Gasteiger partial charge in [0.25, 0.3) is 0 Å². The third-order valence-corrected chi connectivity index (χ3v) is 3.35. The summed E-state index contributed by atoms with van der Waals surface area (Å²) in [5.74, 6) is 0.849. The van der Waals surface area contributed by atoms with Crippen LogP contribution in [0.3, 0.4) is 0 Å². The van der Waals surface area contributed by atoms with Crippen LogP contribution in [0.1, 0.15) is 31.4 Å². The number of aliphatic hydroxyl groups is 1. The number of unbranched alkanes of at least 4 members (excludes halogenated alkanes) is 1. The first-order chi connectivity index (χ1) is 9.26. The molecule has 108 valence electrons. The lowest BCUT2D eigenvalue weighted by Gasteiger charge is -2.30. The van der Waals surface area contributed by atoms with Crippen molar-refractivity contribution in [2.75, 3.05) is 33.4 Å². The molecule has 0 aliphatic heterocycles. The topological polar surface area (TPSA) is 58.7 Å². The zero-order chi connectivity index (χ0) is 14.1. The predicted molar refractivity (Wildman–Crippen MR) is 78.4 cm³/mol. The number of nitrogens with two attached hydrogens (primary N) is 1. The molecule has 0 aromatic heterocycles. The number of benzene rings is 1. The molecule has 0 bridgehead atoms. The minimum Gasteiger partial charge on any atom is -0.497 e. The van der Waals surface area contributed by atoms with Crippen molar-refractivity contribution in [3.05, 3.63) is 29.8 Å². The Kier molecular flexibility index (Phi) is 7.48. The fourth-order valence-corrected chi connectivity index (χ4v) is 2.24. The highest BCUT2D eigenvalue weighted by Gasteiger charge is 2.18. The summed E-state index contributed by atoms with van der Waals surface area (Å²) in [6.45, 7) is 4.51. The summed E-state index contributed by atoms with van der Waals surface area (Å²) in [5.41, 5.74) is 7.10. The molecule has 1 atom stereocenters. The summed E-state index contributed by atoms with van der Waals surface area (Å²) in [7, 11) is 1.66. The van der Waals surface area contributed by atoms with Gasteiger partial charge in [-0.2, -0.15) is 0 Å². The second-order valence-electron chi connectivity index (χ2n) is 4.64. The smallest absolute Gasteiger partial charge is 0.118 e. The molecule has 0 aliphatic carbocycles. The zero-order valence-corrected chi connectivity index (χ0v) is 12.0. The monoisotopic (exact) mass is 266 g/mol. The molecule has 1 aromatic carbocycles. The molecule has 1 rings (SSSR count). The van der Waals surface area contributed by atoms with Crippen molar-refractivity contribution < 1.29 is 9.84 Å². The summed E-state index contributed by atoms with van der Waals surface area (Å²) >= 11 is 0. The van der Waals surface area contributed by atoms with E-state index in [4.69, 9.17) is 10.5 Å². The number of methoxy groups -OCH3 is 1.